The molecule has 0 radical (unpaired) electrons. The molecule has 0 heterocycles. The standard InChI is InChI=1S/C5H7O4P/c1-2-5(6)9-3-4-10(7)8/h2H,1,3-4H2/p+1. The number of ether oxygens (including phenoxy) is 1. The summed E-state index contributed by atoms with van der Waals surface area (Å²) in [6, 6.07) is 0. The Kier molecular flexibility index (Phi) is 4.72. The van der Waals surface area contributed by atoms with E-state index in [4.69, 9.17) is 4.89 Å². The van der Waals surface area contributed by atoms with Gasteiger partial charge in [0, 0.05) is 6.08 Å². The van der Waals surface area contributed by atoms with Gasteiger partial charge in [0.05, 0.1) is 0 Å². The molecule has 0 rings (SSSR count). The fraction of sp³-hybridized carbons (Fsp3) is 0.400. The van der Waals surface area contributed by atoms with E-state index in [-0.39, 0.29) is 12.8 Å². The van der Waals surface area contributed by atoms with Gasteiger partial charge in [-0.2, -0.15) is 4.89 Å². The van der Waals surface area contributed by atoms with E-state index in [0.29, 0.717) is 0 Å². The smallest absolute Gasteiger partial charge is 0.458 e. The predicted octanol–water partition coefficient (Wildman–Crippen LogP) is 0.450. The normalized spacial score (nSPS) is 10.3. The molecule has 1 N–H and O–H groups in total. The molecule has 1 unspecified atom stereocenters. The Hall–Kier alpha value is -0.730. The second-order valence-electron chi connectivity index (χ2n) is 1.45. The molecule has 0 saturated heterocycles. The second-order valence-corrected chi connectivity index (χ2v) is 2.60. The molecule has 0 aromatic heterocycles. The molecule has 56 valence electrons. The topological polar surface area (TPSA) is 63.6 Å². The van der Waals surface area contributed by atoms with Crippen molar-refractivity contribution in [1.82, 2.24) is 0 Å². The molecule has 0 aromatic rings. The minimum Gasteiger partial charge on any atom is -0.458 e. The third kappa shape index (κ3) is 5.41. The van der Waals surface area contributed by atoms with E-state index in [1.54, 1.807) is 0 Å². The van der Waals surface area contributed by atoms with E-state index in [2.05, 4.69) is 11.3 Å². The third-order valence-corrected chi connectivity index (χ3v) is 1.26. The largest absolute Gasteiger partial charge is 0.509 e. The van der Waals surface area contributed by atoms with Crippen LogP contribution in [0.5, 0.6) is 0 Å². The van der Waals surface area contributed by atoms with Gasteiger partial charge in [0.15, 0.2) is 0 Å². The number of hydrogen-bond donors (Lipinski definition) is 1. The van der Waals surface area contributed by atoms with Gasteiger partial charge in [0.1, 0.15) is 6.61 Å². The maximum absolute atomic E-state index is 10.3. The SMILES string of the molecule is C=CC(=O)OCC[P+](=O)O. The predicted molar refractivity (Wildman–Crippen MR) is 35.8 cm³/mol. The highest BCUT2D eigenvalue weighted by molar-refractivity contribution is 7.38. The van der Waals surface area contributed by atoms with E-state index < -0.39 is 14.0 Å². The van der Waals surface area contributed by atoms with Crippen LogP contribution in [0.25, 0.3) is 0 Å². The maximum atomic E-state index is 10.3. The number of hydrogen-bond acceptors (Lipinski definition) is 3. The minimum absolute atomic E-state index is 0.0189. The summed E-state index contributed by atoms with van der Waals surface area (Å²) in [5.74, 6) is -0.572. The van der Waals surface area contributed by atoms with Crippen molar-refractivity contribution in [3.63, 3.8) is 0 Å². The lowest BCUT2D eigenvalue weighted by Crippen LogP contribution is -2.03. The van der Waals surface area contributed by atoms with Crippen molar-refractivity contribution in [2.75, 3.05) is 12.8 Å². The monoisotopic (exact) mass is 163 g/mol. The molecule has 0 bridgehead atoms. The molecule has 0 fully saturated rings. The van der Waals surface area contributed by atoms with Crippen molar-refractivity contribution in [2.45, 2.75) is 0 Å². The highest BCUT2D eigenvalue weighted by atomic mass is 31.1. The van der Waals surface area contributed by atoms with Gasteiger partial charge in [0.2, 0.25) is 6.16 Å². The van der Waals surface area contributed by atoms with Crippen molar-refractivity contribution in [1.29, 1.82) is 0 Å². The fourth-order valence-electron chi connectivity index (χ4n) is 0.283. The van der Waals surface area contributed by atoms with Crippen LogP contribution in [-0.2, 0) is 14.1 Å². The van der Waals surface area contributed by atoms with Crippen LogP contribution in [0.3, 0.4) is 0 Å². The quantitative estimate of drug-likeness (QED) is 0.371. The van der Waals surface area contributed by atoms with Crippen LogP contribution in [0.2, 0.25) is 0 Å². The van der Waals surface area contributed by atoms with Crippen molar-refractivity contribution in [3.8, 4) is 0 Å². The number of carbonyl (C=O) groups is 1. The van der Waals surface area contributed by atoms with Crippen molar-refractivity contribution >= 4 is 14.0 Å². The first-order valence-electron chi connectivity index (χ1n) is 2.59. The van der Waals surface area contributed by atoms with Gasteiger partial charge >= 0.3 is 14.0 Å². The Labute approximate surface area is 59.4 Å². The molecular weight excluding hydrogens is 155 g/mol. The Morgan fingerprint density at radius 1 is 1.80 bits per heavy atom. The summed E-state index contributed by atoms with van der Waals surface area (Å²) < 4.78 is 14.4. The van der Waals surface area contributed by atoms with Gasteiger partial charge in [-0.15, -0.1) is 0 Å². The summed E-state index contributed by atoms with van der Waals surface area (Å²) in [7, 11) is -2.20. The Morgan fingerprint density at radius 2 is 2.40 bits per heavy atom. The summed E-state index contributed by atoms with van der Waals surface area (Å²) in [6.07, 6.45) is 0.985. The molecule has 0 aliphatic carbocycles. The average molecular weight is 163 g/mol. The van der Waals surface area contributed by atoms with Gasteiger partial charge in [-0.25, -0.2) is 4.79 Å². The highest BCUT2D eigenvalue weighted by Gasteiger charge is 2.09. The fourth-order valence-corrected chi connectivity index (χ4v) is 0.531. The molecular formula is C5H8O4P+. The van der Waals surface area contributed by atoms with Crippen LogP contribution in [0.15, 0.2) is 12.7 Å². The first-order valence-corrected chi connectivity index (χ1v) is 3.99. The molecule has 4 nitrogen and oxygen atoms in total. The maximum Gasteiger partial charge on any atom is 0.509 e. The van der Waals surface area contributed by atoms with Gasteiger partial charge in [0.25, 0.3) is 0 Å². The van der Waals surface area contributed by atoms with Gasteiger partial charge in [-0.05, 0) is 4.57 Å². The van der Waals surface area contributed by atoms with Gasteiger partial charge in [-0.1, -0.05) is 6.58 Å². The minimum atomic E-state index is -2.20. The molecule has 0 aliphatic heterocycles. The zero-order valence-corrected chi connectivity index (χ0v) is 6.21. The number of carbonyl (C=O) groups excluding carboxylic acids is 1. The van der Waals surface area contributed by atoms with E-state index in [0.717, 1.165) is 6.08 Å². The van der Waals surface area contributed by atoms with Crippen molar-refractivity contribution < 1.29 is 19.0 Å². The van der Waals surface area contributed by atoms with Crippen LogP contribution in [-0.4, -0.2) is 23.6 Å². The van der Waals surface area contributed by atoms with Crippen molar-refractivity contribution in [3.05, 3.63) is 12.7 Å². The van der Waals surface area contributed by atoms with E-state index >= 15 is 0 Å². The summed E-state index contributed by atoms with van der Waals surface area (Å²) in [5, 5.41) is 0. The molecule has 10 heavy (non-hydrogen) atoms. The van der Waals surface area contributed by atoms with E-state index in [1.807, 2.05) is 0 Å². The third-order valence-electron chi connectivity index (χ3n) is 0.694. The zero-order chi connectivity index (χ0) is 7.98. The number of esters is 1. The molecule has 0 amide bonds. The summed E-state index contributed by atoms with van der Waals surface area (Å²) in [5.41, 5.74) is 0. The van der Waals surface area contributed by atoms with E-state index in [1.165, 1.54) is 0 Å². The van der Waals surface area contributed by atoms with Crippen LogP contribution in [0, 0.1) is 0 Å². The van der Waals surface area contributed by atoms with Gasteiger partial charge < -0.3 is 4.74 Å². The van der Waals surface area contributed by atoms with E-state index in [9.17, 15) is 9.36 Å². The lowest BCUT2D eigenvalue weighted by Gasteiger charge is -1.92. The Balaban J connectivity index is 3.28. The Morgan fingerprint density at radius 3 is 2.80 bits per heavy atom. The summed E-state index contributed by atoms with van der Waals surface area (Å²) >= 11 is 0. The average Bonchev–Trinajstić information content (AvgIpc) is 1.87. The molecule has 0 aliphatic rings. The molecule has 0 aromatic carbocycles. The highest BCUT2D eigenvalue weighted by Crippen LogP contribution is 2.10. The first-order chi connectivity index (χ1) is 4.66. The summed E-state index contributed by atoms with van der Waals surface area (Å²) in [6.45, 7) is 3.12. The Bertz CT molecular complexity index is 154. The lowest BCUT2D eigenvalue weighted by molar-refractivity contribution is -0.137. The zero-order valence-electron chi connectivity index (χ0n) is 5.32. The van der Waals surface area contributed by atoms with Crippen molar-refractivity contribution in [2.24, 2.45) is 0 Å². The molecule has 0 saturated carbocycles. The van der Waals surface area contributed by atoms with Crippen LogP contribution in [0.4, 0.5) is 0 Å². The van der Waals surface area contributed by atoms with Crippen LogP contribution < -0.4 is 0 Å². The van der Waals surface area contributed by atoms with Crippen LogP contribution >= 0.6 is 8.03 Å². The van der Waals surface area contributed by atoms with Crippen LogP contribution in [0.1, 0.15) is 0 Å². The summed E-state index contributed by atoms with van der Waals surface area (Å²) in [4.78, 5) is 18.5. The molecule has 5 heteroatoms. The number of rotatable bonds is 4. The first kappa shape index (κ1) is 9.27. The molecule has 1 atom stereocenters. The van der Waals surface area contributed by atoms with Gasteiger partial charge in [-0.3, -0.25) is 0 Å². The second kappa shape index (κ2) is 5.09. The molecule has 0 spiro atoms. The lowest BCUT2D eigenvalue weighted by atomic mass is 10.6.